The molecule has 0 fully saturated rings. The van der Waals surface area contributed by atoms with Crippen LogP contribution in [0.5, 0.6) is 5.75 Å². The Morgan fingerprint density at radius 3 is 2.83 bits per heavy atom. The van der Waals surface area contributed by atoms with Crippen LogP contribution < -0.4 is 10.1 Å². The third kappa shape index (κ3) is 3.78. The zero-order valence-corrected chi connectivity index (χ0v) is 16.3. The number of hydrogen-bond acceptors (Lipinski definition) is 8. The van der Waals surface area contributed by atoms with Crippen LogP contribution in [0.1, 0.15) is 10.4 Å². The van der Waals surface area contributed by atoms with Crippen LogP contribution >= 0.6 is 11.8 Å². The Balaban J connectivity index is 1.73. The molecule has 0 spiro atoms. The molecule has 10 nitrogen and oxygen atoms in total. The number of benzene rings is 2. The molecule has 0 unspecified atom stereocenters. The molecule has 2 N–H and O–H groups in total. The third-order valence-electron chi connectivity index (χ3n) is 4.22. The van der Waals surface area contributed by atoms with Gasteiger partial charge in [-0.05, 0) is 42.1 Å². The van der Waals surface area contributed by atoms with Crippen molar-refractivity contribution in [2.24, 2.45) is 0 Å². The summed E-state index contributed by atoms with van der Waals surface area (Å²) in [6.07, 6.45) is 2.97. The minimum Gasteiger partial charge on any atom is -0.494 e. The standard InChI is InChI=1S/C19H14N6O4S/c1-29-15-6-5-14(12-3-2-8-20-17(12)15)23-18(26)13-9-11(25(27)28)4-7-16(13)30-19-21-10-22-24-19/h2-10H,1H3,(H,23,26)(H,21,22,24). The monoisotopic (exact) mass is 422 g/mol. The largest absolute Gasteiger partial charge is 0.494 e. The number of H-pyrrole nitrogens is 1. The number of ether oxygens (including phenoxy) is 1. The number of rotatable bonds is 6. The zero-order valence-electron chi connectivity index (χ0n) is 15.5. The molecule has 0 bridgehead atoms. The Labute approximate surface area is 173 Å². The number of methoxy groups -OCH3 is 1. The smallest absolute Gasteiger partial charge is 0.270 e. The molecular formula is C19H14N6O4S. The Morgan fingerprint density at radius 1 is 1.23 bits per heavy atom. The van der Waals surface area contributed by atoms with Crippen molar-refractivity contribution in [3.8, 4) is 5.75 Å². The first-order valence-electron chi connectivity index (χ1n) is 8.61. The average molecular weight is 422 g/mol. The molecule has 1 amide bonds. The topological polar surface area (TPSA) is 136 Å². The van der Waals surface area contributed by atoms with E-state index in [4.69, 9.17) is 4.74 Å². The van der Waals surface area contributed by atoms with Crippen molar-refractivity contribution < 1.29 is 14.5 Å². The Bertz CT molecular complexity index is 1250. The molecule has 2 heterocycles. The second-order valence-corrected chi connectivity index (χ2v) is 7.03. The molecule has 0 atom stereocenters. The number of nitrogens with one attached hydrogen (secondary N) is 2. The summed E-state index contributed by atoms with van der Waals surface area (Å²) in [6.45, 7) is 0. The molecule has 30 heavy (non-hydrogen) atoms. The number of anilines is 1. The third-order valence-corrected chi connectivity index (χ3v) is 5.18. The molecule has 0 aliphatic carbocycles. The van der Waals surface area contributed by atoms with Crippen molar-refractivity contribution in [1.29, 1.82) is 0 Å². The van der Waals surface area contributed by atoms with E-state index in [9.17, 15) is 14.9 Å². The van der Waals surface area contributed by atoms with E-state index in [1.54, 1.807) is 30.5 Å². The van der Waals surface area contributed by atoms with Gasteiger partial charge in [-0.2, -0.15) is 5.10 Å². The van der Waals surface area contributed by atoms with Crippen molar-refractivity contribution in [2.75, 3.05) is 12.4 Å². The van der Waals surface area contributed by atoms with E-state index in [0.717, 1.165) is 11.8 Å². The fraction of sp³-hybridized carbons (Fsp3) is 0.0526. The number of pyridine rings is 1. The number of nitro groups is 1. The van der Waals surface area contributed by atoms with E-state index in [2.05, 4.69) is 25.5 Å². The van der Waals surface area contributed by atoms with E-state index in [-0.39, 0.29) is 11.3 Å². The lowest BCUT2D eigenvalue weighted by atomic mass is 10.1. The highest BCUT2D eigenvalue weighted by atomic mass is 32.2. The van der Waals surface area contributed by atoms with Gasteiger partial charge in [0.15, 0.2) is 5.16 Å². The maximum atomic E-state index is 13.1. The molecule has 11 heteroatoms. The van der Waals surface area contributed by atoms with Crippen molar-refractivity contribution in [3.63, 3.8) is 0 Å². The van der Waals surface area contributed by atoms with E-state index >= 15 is 0 Å². The number of nitrogens with zero attached hydrogens (tertiary/aromatic N) is 4. The first kappa shape index (κ1) is 19.3. The first-order chi connectivity index (χ1) is 14.6. The fourth-order valence-electron chi connectivity index (χ4n) is 2.86. The number of hydrogen-bond donors (Lipinski definition) is 2. The average Bonchev–Trinajstić information content (AvgIpc) is 3.27. The van der Waals surface area contributed by atoms with Gasteiger partial charge in [-0.1, -0.05) is 0 Å². The Hall–Kier alpha value is -3.99. The van der Waals surface area contributed by atoms with Gasteiger partial charge in [0, 0.05) is 28.6 Å². The lowest BCUT2D eigenvalue weighted by molar-refractivity contribution is -0.384. The summed E-state index contributed by atoms with van der Waals surface area (Å²) in [4.78, 5) is 32.6. The van der Waals surface area contributed by atoms with Gasteiger partial charge in [-0.3, -0.25) is 25.0 Å². The number of fused-ring (bicyclic) bond motifs is 1. The molecule has 4 rings (SSSR count). The zero-order chi connectivity index (χ0) is 21.1. The van der Waals surface area contributed by atoms with Crippen molar-refractivity contribution in [2.45, 2.75) is 10.1 Å². The van der Waals surface area contributed by atoms with Gasteiger partial charge < -0.3 is 10.1 Å². The van der Waals surface area contributed by atoms with Crippen LogP contribution in [0.15, 0.2) is 65.0 Å². The summed E-state index contributed by atoms with van der Waals surface area (Å²) >= 11 is 1.14. The van der Waals surface area contributed by atoms with Crippen LogP contribution in [0, 0.1) is 10.1 Å². The van der Waals surface area contributed by atoms with Crippen LogP contribution in [0.3, 0.4) is 0 Å². The molecule has 0 saturated carbocycles. The molecule has 4 aromatic rings. The number of carbonyl (C=O) groups is 1. The summed E-state index contributed by atoms with van der Waals surface area (Å²) in [5, 5.41) is 21.6. The summed E-state index contributed by atoms with van der Waals surface area (Å²) in [7, 11) is 1.54. The highest BCUT2D eigenvalue weighted by Gasteiger charge is 2.20. The summed E-state index contributed by atoms with van der Waals surface area (Å²) in [5.74, 6) is 0.0662. The Kier molecular flexibility index (Phi) is 5.26. The van der Waals surface area contributed by atoms with E-state index < -0.39 is 10.8 Å². The van der Waals surface area contributed by atoms with Crippen LogP contribution in [0.25, 0.3) is 10.9 Å². The molecule has 0 aliphatic heterocycles. The Morgan fingerprint density at radius 2 is 2.10 bits per heavy atom. The van der Waals surface area contributed by atoms with E-state index in [1.165, 1.54) is 31.6 Å². The van der Waals surface area contributed by atoms with Crippen LogP contribution in [-0.2, 0) is 0 Å². The van der Waals surface area contributed by atoms with Crippen LogP contribution in [0.4, 0.5) is 11.4 Å². The number of carbonyl (C=O) groups excluding carboxylic acids is 1. The van der Waals surface area contributed by atoms with Gasteiger partial charge in [-0.15, -0.1) is 0 Å². The molecule has 0 aliphatic rings. The normalized spacial score (nSPS) is 10.7. The predicted molar refractivity (Wildman–Crippen MR) is 110 cm³/mol. The van der Waals surface area contributed by atoms with Gasteiger partial charge in [0.25, 0.3) is 11.6 Å². The fourth-order valence-corrected chi connectivity index (χ4v) is 3.66. The van der Waals surface area contributed by atoms with E-state index in [1.807, 2.05) is 0 Å². The summed E-state index contributed by atoms with van der Waals surface area (Å²) in [5.41, 5.74) is 1.04. The van der Waals surface area contributed by atoms with Crippen molar-refractivity contribution in [1.82, 2.24) is 20.2 Å². The summed E-state index contributed by atoms with van der Waals surface area (Å²) < 4.78 is 5.32. The molecule has 0 radical (unpaired) electrons. The first-order valence-corrected chi connectivity index (χ1v) is 9.43. The number of amides is 1. The minimum atomic E-state index is -0.549. The quantitative estimate of drug-likeness (QED) is 0.355. The number of aromatic amines is 1. The van der Waals surface area contributed by atoms with Crippen molar-refractivity contribution in [3.05, 3.63) is 70.7 Å². The summed E-state index contributed by atoms with van der Waals surface area (Å²) in [6, 6.07) is 11.0. The van der Waals surface area contributed by atoms with Crippen LogP contribution in [0.2, 0.25) is 0 Å². The van der Waals surface area contributed by atoms with Crippen LogP contribution in [-0.4, -0.2) is 38.1 Å². The van der Waals surface area contributed by atoms with E-state index in [0.29, 0.717) is 32.4 Å². The maximum absolute atomic E-state index is 13.1. The van der Waals surface area contributed by atoms with Gasteiger partial charge in [0.1, 0.15) is 17.6 Å². The number of nitro benzene ring substituents is 1. The highest BCUT2D eigenvalue weighted by Crippen LogP contribution is 2.33. The van der Waals surface area contributed by atoms with Gasteiger partial charge >= 0.3 is 0 Å². The number of non-ortho nitro benzene ring substituents is 1. The molecular weight excluding hydrogens is 408 g/mol. The lowest BCUT2D eigenvalue weighted by Gasteiger charge is -2.12. The van der Waals surface area contributed by atoms with Gasteiger partial charge in [0.05, 0.1) is 23.3 Å². The molecule has 0 saturated heterocycles. The number of aromatic nitrogens is 4. The predicted octanol–water partition coefficient (Wildman–Crippen LogP) is 3.67. The second kappa shape index (κ2) is 8.17. The highest BCUT2D eigenvalue weighted by molar-refractivity contribution is 7.99. The molecule has 2 aromatic heterocycles. The SMILES string of the molecule is COc1ccc(NC(=O)c2cc([N+](=O)[O-])ccc2Sc2ncn[nH]2)c2cccnc12. The minimum absolute atomic E-state index is 0.137. The molecule has 2 aromatic carbocycles. The van der Waals surface area contributed by atoms with Gasteiger partial charge in [0.2, 0.25) is 0 Å². The second-order valence-electron chi connectivity index (χ2n) is 6.00. The molecule has 150 valence electrons. The maximum Gasteiger partial charge on any atom is 0.270 e. The van der Waals surface area contributed by atoms with Crippen molar-refractivity contribution >= 4 is 39.9 Å². The van der Waals surface area contributed by atoms with Gasteiger partial charge in [-0.25, -0.2) is 4.98 Å². The lowest BCUT2D eigenvalue weighted by Crippen LogP contribution is -2.14.